The van der Waals surface area contributed by atoms with Gasteiger partial charge in [0, 0.05) is 0 Å². The van der Waals surface area contributed by atoms with E-state index < -0.39 is 5.54 Å². The average molecular weight is 221 g/mol. The second kappa shape index (κ2) is 5.12. The molecule has 88 valence electrons. The first-order valence-electron chi connectivity index (χ1n) is 5.44. The predicted molar refractivity (Wildman–Crippen MR) is 63.7 cm³/mol. The number of hydrogen-bond acceptors (Lipinski definition) is 3. The fourth-order valence-corrected chi connectivity index (χ4v) is 1.11. The number of nitrogens with two attached hydrogens (primary N) is 1. The molecule has 1 aromatic rings. The molecule has 0 saturated carbocycles. The van der Waals surface area contributed by atoms with E-state index >= 15 is 0 Å². The molecule has 3 heteroatoms. The van der Waals surface area contributed by atoms with Gasteiger partial charge in [-0.15, -0.1) is 0 Å². The normalized spacial score (nSPS) is 14.6. The van der Waals surface area contributed by atoms with Gasteiger partial charge >= 0.3 is 5.97 Å². The molecule has 0 saturated heterocycles. The van der Waals surface area contributed by atoms with E-state index in [1.165, 1.54) is 0 Å². The Kier molecular flexibility index (Phi) is 4.07. The molecule has 0 amide bonds. The van der Waals surface area contributed by atoms with E-state index in [-0.39, 0.29) is 18.5 Å². The van der Waals surface area contributed by atoms with Crippen LogP contribution in [0, 0.1) is 5.92 Å². The van der Waals surface area contributed by atoms with E-state index in [0.717, 1.165) is 5.56 Å². The molecule has 1 rings (SSSR count). The Hall–Kier alpha value is -1.35. The van der Waals surface area contributed by atoms with Gasteiger partial charge in [0.05, 0.1) is 0 Å². The Morgan fingerprint density at radius 3 is 2.44 bits per heavy atom. The molecule has 0 aliphatic carbocycles. The monoisotopic (exact) mass is 221 g/mol. The highest BCUT2D eigenvalue weighted by molar-refractivity contribution is 5.80. The maximum absolute atomic E-state index is 11.7. The fraction of sp³-hybridized carbons (Fsp3) is 0.462. The number of carbonyl (C=O) groups is 1. The van der Waals surface area contributed by atoms with Crippen molar-refractivity contribution in [2.45, 2.75) is 32.9 Å². The van der Waals surface area contributed by atoms with Gasteiger partial charge in [-0.25, -0.2) is 0 Å². The van der Waals surface area contributed by atoms with Crippen molar-refractivity contribution < 1.29 is 9.53 Å². The third-order valence-electron chi connectivity index (χ3n) is 2.85. The smallest absolute Gasteiger partial charge is 0.326 e. The number of rotatable bonds is 4. The Morgan fingerprint density at radius 2 is 1.94 bits per heavy atom. The summed E-state index contributed by atoms with van der Waals surface area (Å²) in [5.74, 6) is -0.304. The maximum Gasteiger partial charge on any atom is 0.326 e. The van der Waals surface area contributed by atoms with Crippen molar-refractivity contribution in [1.29, 1.82) is 0 Å². The zero-order chi connectivity index (χ0) is 12.2. The van der Waals surface area contributed by atoms with Gasteiger partial charge < -0.3 is 10.5 Å². The molecule has 16 heavy (non-hydrogen) atoms. The molecule has 0 aromatic heterocycles. The quantitative estimate of drug-likeness (QED) is 0.792. The second-order valence-corrected chi connectivity index (χ2v) is 4.50. The summed E-state index contributed by atoms with van der Waals surface area (Å²) in [7, 11) is 0. The first-order valence-corrected chi connectivity index (χ1v) is 5.44. The van der Waals surface area contributed by atoms with Crippen molar-refractivity contribution in [3.63, 3.8) is 0 Å². The van der Waals surface area contributed by atoms with Gasteiger partial charge in [-0.3, -0.25) is 4.79 Å². The van der Waals surface area contributed by atoms with Crippen LogP contribution in [0.15, 0.2) is 30.3 Å². The van der Waals surface area contributed by atoms with E-state index in [0.29, 0.717) is 0 Å². The summed E-state index contributed by atoms with van der Waals surface area (Å²) in [6.45, 7) is 5.79. The molecule has 0 radical (unpaired) electrons. The van der Waals surface area contributed by atoms with Crippen LogP contribution in [0.5, 0.6) is 0 Å². The summed E-state index contributed by atoms with van der Waals surface area (Å²) in [4.78, 5) is 11.7. The Morgan fingerprint density at radius 1 is 1.38 bits per heavy atom. The third-order valence-corrected chi connectivity index (χ3v) is 2.85. The van der Waals surface area contributed by atoms with Crippen molar-refractivity contribution in [3.8, 4) is 0 Å². The molecule has 1 atom stereocenters. The Balaban J connectivity index is 2.54. The number of ether oxygens (including phenoxy) is 1. The zero-order valence-electron chi connectivity index (χ0n) is 10.1. The van der Waals surface area contributed by atoms with Crippen LogP contribution in [0.4, 0.5) is 0 Å². The van der Waals surface area contributed by atoms with E-state index in [2.05, 4.69) is 0 Å². The van der Waals surface area contributed by atoms with Crippen LogP contribution in [0.25, 0.3) is 0 Å². The summed E-state index contributed by atoms with van der Waals surface area (Å²) in [6.07, 6.45) is 0. The van der Waals surface area contributed by atoms with Crippen molar-refractivity contribution in [2.24, 2.45) is 11.7 Å². The highest BCUT2D eigenvalue weighted by Gasteiger charge is 2.33. The first-order chi connectivity index (χ1) is 7.44. The third kappa shape index (κ3) is 3.07. The van der Waals surface area contributed by atoms with Crippen LogP contribution in [0.3, 0.4) is 0 Å². The van der Waals surface area contributed by atoms with Crippen molar-refractivity contribution >= 4 is 5.97 Å². The molecule has 0 fully saturated rings. The number of carbonyl (C=O) groups excluding carboxylic acids is 1. The minimum Gasteiger partial charge on any atom is -0.459 e. The summed E-state index contributed by atoms with van der Waals surface area (Å²) in [6, 6.07) is 9.57. The summed E-state index contributed by atoms with van der Waals surface area (Å²) in [5.41, 5.74) is 5.94. The number of esters is 1. The topological polar surface area (TPSA) is 52.3 Å². The minimum atomic E-state index is -0.922. The minimum absolute atomic E-state index is 0.0516. The molecular weight excluding hydrogens is 202 g/mol. The molecule has 0 unspecified atom stereocenters. The summed E-state index contributed by atoms with van der Waals surface area (Å²) < 4.78 is 5.19. The molecule has 3 nitrogen and oxygen atoms in total. The van der Waals surface area contributed by atoms with Crippen LogP contribution in [0.1, 0.15) is 26.3 Å². The Bertz CT molecular complexity index is 344. The van der Waals surface area contributed by atoms with Gasteiger partial charge in [-0.05, 0) is 18.4 Å². The lowest BCUT2D eigenvalue weighted by atomic mass is 9.90. The molecule has 0 aliphatic rings. The highest BCUT2D eigenvalue weighted by Crippen LogP contribution is 2.15. The first kappa shape index (κ1) is 12.7. The lowest BCUT2D eigenvalue weighted by molar-refractivity contribution is -0.152. The zero-order valence-corrected chi connectivity index (χ0v) is 10.1. The van der Waals surface area contributed by atoms with Gasteiger partial charge in [0.25, 0.3) is 0 Å². The second-order valence-electron chi connectivity index (χ2n) is 4.50. The van der Waals surface area contributed by atoms with Crippen LogP contribution in [-0.2, 0) is 16.1 Å². The lowest BCUT2D eigenvalue weighted by Gasteiger charge is -2.26. The molecule has 1 aromatic carbocycles. The van der Waals surface area contributed by atoms with Gasteiger partial charge in [-0.1, -0.05) is 44.2 Å². The van der Waals surface area contributed by atoms with Gasteiger partial charge in [0.2, 0.25) is 0 Å². The highest BCUT2D eigenvalue weighted by atomic mass is 16.5. The van der Waals surface area contributed by atoms with E-state index in [9.17, 15) is 4.79 Å². The van der Waals surface area contributed by atoms with Crippen LogP contribution >= 0.6 is 0 Å². The lowest BCUT2D eigenvalue weighted by Crippen LogP contribution is -2.50. The molecular formula is C13H19NO2. The van der Waals surface area contributed by atoms with E-state index in [1.807, 2.05) is 44.2 Å². The van der Waals surface area contributed by atoms with Gasteiger partial charge in [-0.2, -0.15) is 0 Å². The van der Waals surface area contributed by atoms with Crippen molar-refractivity contribution in [2.75, 3.05) is 0 Å². The van der Waals surface area contributed by atoms with Crippen LogP contribution in [-0.4, -0.2) is 11.5 Å². The van der Waals surface area contributed by atoms with Gasteiger partial charge in [0.1, 0.15) is 12.1 Å². The predicted octanol–water partition coefficient (Wildman–Crippen LogP) is 2.10. The van der Waals surface area contributed by atoms with Crippen LogP contribution < -0.4 is 5.73 Å². The van der Waals surface area contributed by atoms with Crippen molar-refractivity contribution in [3.05, 3.63) is 35.9 Å². The molecule has 2 N–H and O–H groups in total. The molecule has 0 spiro atoms. The molecule has 0 bridgehead atoms. The van der Waals surface area contributed by atoms with E-state index in [1.54, 1.807) is 6.92 Å². The van der Waals surface area contributed by atoms with Crippen LogP contribution in [0.2, 0.25) is 0 Å². The largest absolute Gasteiger partial charge is 0.459 e. The number of benzene rings is 1. The molecule has 0 aliphatic heterocycles. The maximum atomic E-state index is 11.7. The standard InChI is InChI=1S/C13H19NO2/c1-10(2)13(3,14)12(15)16-9-11-7-5-4-6-8-11/h4-8,10H,9,14H2,1-3H3/t13-/m0/s1. The van der Waals surface area contributed by atoms with Crippen molar-refractivity contribution in [1.82, 2.24) is 0 Å². The Labute approximate surface area is 96.6 Å². The molecule has 0 heterocycles. The van der Waals surface area contributed by atoms with E-state index in [4.69, 9.17) is 10.5 Å². The fourth-order valence-electron chi connectivity index (χ4n) is 1.11. The summed E-state index contributed by atoms with van der Waals surface area (Å²) in [5, 5.41) is 0. The average Bonchev–Trinajstić information content (AvgIpc) is 2.27. The van der Waals surface area contributed by atoms with Gasteiger partial charge in [0.15, 0.2) is 0 Å². The summed E-state index contributed by atoms with van der Waals surface area (Å²) >= 11 is 0. The number of hydrogen-bond donors (Lipinski definition) is 1. The SMILES string of the molecule is CC(C)[C@](C)(N)C(=O)OCc1ccccc1.